The highest BCUT2D eigenvalue weighted by atomic mass is 79.9. The fourth-order valence-corrected chi connectivity index (χ4v) is 1.39. The number of hydrogen-bond donors (Lipinski definition) is 0. The molecule has 0 unspecified atom stereocenters. The van der Waals surface area contributed by atoms with E-state index in [0.717, 1.165) is 0 Å². The minimum Gasteiger partial charge on any atom is -0.258 e. The van der Waals surface area contributed by atoms with Crippen LogP contribution in [0.1, 0.15) is 0 Å². The number of fused-ring (bicyclic) bond motifs is 1. The second-order valence-electron chi connectivity index (χ2n) is 2.25. The third-order valence-corrected chi connectivity index (χ3v) is 2.03. The van der Waals surface area contributed by atoms with Gasteiger partial charge in [0.1, 0.15) is 6.20 Å². The van der Waals surface area contributed by atoms with Gasteiger partial charge in [0.05, 0.1) is 9.40 Å². The van der Waals surface area contributed by atoms with Gasteiger partial charge < -0.3 is 0 Å². The molecule has 0 aromatic carbocycles. The molecule has 8 heteroatoms. The summed E-state index contributed by atoms with van der Waals surface area (Å²) >= 11 is 3.13. The van der Waals surface area contributed by atoms with E-state index in [9.17, 15) is 10.1 Å². The van der Waals surface area contributed by atoms with Crippen molar-refractivity contribution >= 4 is 27.3 Å². The molecule has 0 radical (unpaired) electrons. The van der Waals surface area contributed by atoms with E-state index >= 15 is 0 Å². The standard InChI is InChI=1S/C5H2BrN5O2/c6-4-1-3(11(12)13)2-10-5(4)7-8-9-10/h1-2H. The van der Waals surface area contributed by atoms with E-state index in [1.54, 1.807) is 0 Å². The van der Waals surface area contributed by atoms with Crippen molar-refractivity contribution in [2.75, 3.05) is 0 Å². The van der Waals surface area contributed by atoms with Crippen LogP contribution in [0.3, 0.4) is 0 Å². The molecule has 0 bridgehead atoms. The molecular weight excluding hydrogens is 242 g/mol. The highest BCUT2D eigenvalue weighted by Crippen LogP contribution is 2.20. The van der Waals surface area contributed by atoms with E-state index in [0.29, 0.717) is 10.1 Å². The predicted molar refractivity (Wildman–Crippen MR) is 45.1 cm³/mol. The van der Waals surface area contributed by atoms with Crippen molar-refractivity contribution in [3.05, 3.63) is 26.9 Å². The monoisotopic (exact) mass is 243 g/mol. The third-order valence-electron chi connectivity index (χ3n) is 1.45. The largest absolute Gasteiger partial charge is 0.288 e. The van der Waals surface area contributed by atoms with Gasteiger partial charge in [0.25, 0.3) is 5.69 Å². The first-order chi connectivity index (χ1) is 6.18. The van der Waals surface area contributed by atoms with Gasteiger partial charge >= 0.3 is 0 Å². The molecular formula is C5H2BrN5O2. The number of nitro groups is 1. The summed E-state index contributed by atoms with van der Waals surface area (Å²) in [6.45, 7) is 0. The fourth-order valence-electron chi connectivity index (χ4n) is 0.895. The van der Waals surface area contributed by atoms with Crippen LogP contribution in [0.15, 0.2) is 16.7 Å². The van der Waals surface area contributed by atoms with Crippen molar-refractivity contribution in [2.24, 2.45) is 0 Å². The maximum absolute atomic E-state index is 10.4. The summed E-state index contributed by atoms with van der Waals surface area (Å²) in [5.41, 5.74) is 0.386. The lowest BCUT2D eigenvalue weighted by atomic mass is 10.4. The second-order valence-corrected chi connectivity index (χ2v) is 3.10. The summed E-state index contributed by atoms with van der Waals surface area (Å²) in [4.78, 5) is 9.91. The predicted octanol–water partition coefficient (Wildman–Crippen LogP) is 0.795. The molecule has 0 aliphatic carbocycles. The number of nitrogens with zero attached hydrogens (tertiary/aromatic N) is 5. The Morgan fingerprint density at radius 1 is 1.62 bits per heavy atom. The van der Waals surface area contributed by atoms with Gasteiger partial charge in [-0.25, -0.2) is 0 Å². The number of rotatable bonds is 1. The average Bonchev–Trinajstić information content (AvgIpc) is 2.51. The molecule has 2 aromatic rings. The molecule has 0 saturated carbocycles. The first-order valence-electron chi connectivity index (χ1n) is 3.20. The normalized spacial score (nSPS) is 10.5. The van der Waals surface area contributed by atoms with Gasteiger partial charge in [0.2, 0.25) is 0 Å². The fraction of sp³-hybridized carbons (Fsp3) is 0. The number of tetrazole rings is 1. The van der Waals surface area contributed by atoms with E-state index in [-0.39, 0.29) is 5.69 Å². The molecule has 2 heterocycles. The van der Waals surface area contributed by atoms with Crippen molar-refractivity contribution in [1.82, 2.24) is 20.0 Å². The zero-order valence-corrected chi connectivity index (χ0v) is 7.67. The molecule has 13 heavy (non-hydrogen) atoms. The highest BCUT2D eigenvalue weighted by Gasteiger charge is 2.11. The van der Waals surface area contributed by atoms with Crippen LogP contribution >= 0.6 is 15.9 Å². The topological polar surface area (TPSA) is 86.2 Å². The summed E-state index contributed by atoms with van der Waals surface area (Å²) in [5.74, 6) is 0. The quantitative estimate of drug-likeness (QED) is 0.546. The van der Waals surface area contributed by atoms with Gasteiger partial charge in [-0.3, -0.25) is 10.1 Å². The van der Waals surface area contributed by atoms with Gasteiger partial charge in [-0.15, -0.1) is 5.10 Å². The molecule has 0 aliphatic rings. The lowest BCUT2D eigenvalue weighted by molar-refractivity contribution is -0.385. The van der Waals surface area contributed by atoms with Crippen molar-refractivity contribution in [3.8, 4) is 0 Å². The van der Waals surface area contributed by atoms with Gasteiger partial charge in [-0.05, 0) is 26.4 Å². The van der Waals surface area contributed by atoms with E-state index < -0.39 is 4.92 Å². The molecule has 0 amide bonds. The summed E-state index contributed by atoms with van der Waals surface area (Å²) in [5, 5.41) is 21.0. The molecule has 0 aliphatic heterocycles. The number of pyridine rings is 1. The summed E-state index contributed by atoms with van der Waals surface area (Å²) in [6.07, 6.45) is 1.25. The number of halogens is 1. The van der Waals surface area contributed by atoms with Crippen molar-refractivity contribution in [3.63, 3.8) is 0 Å². The summed E-state index contributed by atoms with van der Waals surface area (Å²) in [6, 6.07) is 1.35. The second kappa shape index (κ2) is 2.73. The van der Waals surface area contributed by atoms with Gasteiger partial charge in [0.15, 0.2) is 5.65 Å². The van der Waals surface area contributed by atoms with E-state index in [1.807, 2.05) is 0 Å². The maximum Gasteiger partial charge on any atom is 0.288 e. The lowest BCUT2D eigenvalue weighted by Crippen LogP contribution is -1.94. The number of aromatic nitrogens is 4. The minimum atomic E-state index is -0.508. The van der Waals surface area contributed by atoms with Gasteiger partial charge in [-0.1, -0.05) is 0 Å². The van der Waals surface area contributed by atoms with Crippen LogP contribution < -0.4 is 0 Å². The van der Waals surface area contributed by atoms with Gasteiger partial charge in [-0.2, -0.15) is 4.52 Å². The average molecular weight is 244 g/mol. The molecule has 0 atom stereocenters. The van der Waals surface area contributed by atoms with Crippen molar-refractivity contribution < 1.29 is 4.92 Å². The van der Waals surface area contributed by atoms with Crippen LogP contribution in [-0.2, 0) is 0 Å². The molecule has 0 spiro atoms. The Kier molecular flexibility index (Phi) is 1.69. The molecule has 0 N–H and O–H groups in total. The lowest BCUT2D eigenvalue weighted by Gasteiger charge is -1.93. The van der Waals surface area contributed by atoms with E-state index in [2.05, 4.69) is 31.5 Å². The van der Waals surface area contributed by atoms with Crippen LogP contribution in [0.2, 0.25) is 0 Å². The zero-order valence-electron chi connectivity index (χ0n) is 6.09. The third kappa shape index (κ3) is 1.24. The Balaban J connectivity index is 2.77. The van der Waals surface area contributed by atoms with Gasteiger partial charge in [0, 0.05) is 6.07 Å². The first kappa shape index (κ1) is 8.05. The molecule has 0 saturated heterocycles. The van der Waals surface area contributed by atoms with Crippen molar-refractivity contribution in [1.29, 1.82) is 0 Å². The Morgan fingerprint density at radius 3 is 3.08 bits per heavy atom. The highest BCUT2D eigenvalue weighted by molar-refractivity contribution is 9.10. The smallest absolute Gasteiger partial charge is 0.258 e. The Hall–Kier alpha value is -1.57. The Labute approximate surface area is 79.6 Å². The Morgan fingerprint density at radius 2 is 2.38 bits per heavy atom. The summed E-state index contributed by atoms with van der Waals surface area (Å²) in [7, 11) is 0. The molecule has 66 valence electrons. The molecule has 0 fully saturated rings. The minimum absolute atomic E-state index is 0.0633. The van der Waals surface area contributed by atoms with Crippen LogP contribution in [0.4, 0.5) is 5.69 Å². The summed E-state index contributed by atoms with van der Waals surface area (Å²) < 4.78 is 1.73. The van der Waals surface area contributed by atoms with E-state index in [4.69, 9.17) is 0 Å². The van der Waals surface area contributed by atoms with Crippen molar-refractivity contribution in [2.45, 2.75) is 0 Å². The zero-order chi connectivity index (χ0) is 9.42. The van der Waals surface area contributed by atoms with Crippen LogP contribution in [0.5, 0.6) is 0 Å². The van der Waals surface area contributed by atoms with Crippen LogP contribution in [-0.4, -0.2) is 25.0 Å². The molecule has 2 aromatic heterocycles. The maximum atomic E-state index is 10.4. The molecule has 7 nitrogen and oxygen atoms in total. The van der Waals surface area contributed by atoms with Crippen LogP contribution in [0.25, 0.3) is 5.65 Å². The first-order valence-corrected chi connectivity index (χ1v) is 3.99. The Bertz CT molecular complexity index is 481. The van der Waals surface area contributed by atoms with Crippen LogP contribution in [0, 0.1) is 10.1 Å². The molecule has 2 rings (SSSR count). The SMILES string of the molecule is O=[N+]([O-])c1cc(Br)c2nnnn2c1. The van der Waals surface area contributed by atoms with E-state index in [1.165, 1.54) is 16.8 Å². The number of hydrogen-bond acceptors (Lipinski definition) is 5.